The van der Waals surface area contributed by atoms with Crippen LogP contribution >= 0.6 is 0 Å². The van der Waals surface area contributed by atoms with Crippen LogP contribution in [0.5, 0.6) is 5.75 Å². The third-order valence-electron chi connectivity index (χ3n) is 4.82. The van der Waals surface area contributed by atoms with Crippen molar-refractivity contribution >= 4 is 5.57 Å². The van der Waals surface area contributed by atoms with Gasteiger partial charge in [-0.3, -0.25) is 0 Å². The summed E-state index contributed by atoms with van der Waals surface area (Å²) in [5.74, 6) is 0.946. The number of allylic oxidation sites excluding steroid dienone is 3. The molecule has 0 saturated carbocycles. The predicted molar refractivity (Wildman–Crippen MR) is 125 cm³/mol. The zero-order valence-electron chi connectivity index (χ0n) is 18.4. The normalized spacial score (nSPS) is 15.0. The first-order valence-electron chi connectivity index (χ1n) is 10.8. The van der Waals surface area contributed by atoms with Gasteiger partial charge < -0.3 is 15.0 Å². The molecule has 2 aromatic rings. The molecule has 3 nitrogen and oxygen atoms in total. The lowest BCUT2D eigenvalue weighted by molar-refractivity contribution is 0.309. The number of aryl methyl sites for hydroxylation is 2. The Bertz CT molecular complexity index is 812. The van der Waals surface area contributed by atoms with Crippen LogP contribution in [0, 0.1) is 6.92 Å². The highest BCUT2D eigenvalue weighted by molar-refractivity contribution is 5.74. The van der Waals surface area contributed by atoms with E-state index in [4.69, 9.17) is 4.74 Å². The molecule has 2 N–H and O–H groups in total. The van der Waals surface area contributed by atoms with Crippen molar-refractivity contribution < 1.29 is 4.74 Å². The van der Waals surface area contributed by atoms with Gasteiger partial charge in [0.05, 0.1) is 12.6 Å². The first-order chi connectivity index (χ1) is 14.1. The lowest BCUT2D eigenvalue weighted by Gasteiger charge is -2.19. The number of benzene rings is 1. The van der Waals surface area contributed by atoms with Crippen molar-refractivity contribution in [2.24, 2.45) is 0 Å². The van der Waals surface area contributed by atoms with Gasteiger partial charge in [0.15, 0.2) is 0 Å². The van der Waals surface area contributed by atoms with Gasteiger partial charge in [-0.25, -0.2) is 0 Å². The number of nitrogens with one attached hydrogen (secondary N) is 2. The number of unbranched alkanes of at least 4 members (excludes halogenated alkanes) is 1. The second kappa shape index (κ2) is 12.0. The minimum atomic E-state index is 0.179. The average Bonchev–Trinajstić information content (AvgIpc) is 3.10. The number of H-pyrrole nitrogens is 1. The van der Waals surface area contributed by atoms with Crippen molar-refractivity contribution in [1.82, 2.24) is 10.3 Å². The standard InChI is InChI=1S/C23H30N2O.C3H6/c1-4-6-14-26-20-10-8-18(9-11-20)22-16-19(12-13-24-22)23-15-17(3)21(25-23)7-5-2;1-3-2/h8-13,15-16,22,24-25H,4-7,14H2,1-3H3;3H,1H2,2H3. The topological polar surface area (TPSA) is 37.0 Å². The lowest BCUT2D eigenvalue weighted by atomic mass is 10.00. The van der Waals surface area contributed by atoms with Gasteiger partial charge in [-0.15, -0.1) is 6.58 Å². The maximum Gasteiger partial charge on any atom is 0.119 e. The van der Waals surface area contributed by atoms with Gasteiger partial charge in [0.25, 0.3) is 0 Å². The summed E-state index contributed by atoms with van der Waals surface area (Å²) >= 11 is 0. The van der Waals surface area contributed by atoms with Gasteiger partial charge in [0.1, 0.15) is 5.75 Å². The summed E-state index contributed by atoms with van der Waals surface area (Å²) in [4.78, 5) is 3.59. The fourth-order valence-corrected chi connectivity index (χ4v) is 3.27. The number of hydrogen-bond acceptors (Lipinski definition) is 2. The Balaban J connectivity index is 0.000000941. The molecule has 1 atom stereocenters. The molecule has 156 valence electrons. The molecule has 0 radical (unpaired) electrons. The molecule has 1 aliphatic heterocycles. The van der Waals surface area contributed by atoms with E-state index < -0.39 is 0 Å². The molecule has 0 spiro atoms. The van der Waals surface area contributed by atoms with Crippen molar-refractivity contribution in [3.63, 3.8) is 0 Å². The van der Waals surface area contributed by atoms with Crippen LogP contribution in [0.4, 0.5) is 0 Å². The summed E-state index contributed by atoms with van der Waals surface area (Å²) < 4.78 is 5.76. The molecule has 1 aliphatic rings. The third kappa shape index (κ3) is 6.70. The van der Waals surface area contributed by atoms with Gasteiger partial charge in [0.2, 0.25) is 0 Å². The summed E-state index contributed by atoms with van der Waals surface area (Å²) in [6, 6.07) is 10.9. The fraction of sp³-hybridized carbons (Fsp3) is 0.385. The van der Waals surface area contributed by atoms with Gasteiger partial charge in [-0.1, -0.05) is 44.9 Å². The zero-order chi connectivity index (χ0) is 21.1. The molecule has 3 heteroatoms. The summed E-state index contributed by atoms with van der Waals surface area (Å²) in [7, 11) is 0. The Hall–Kier alpha value is -2.68. The van der Waals surface area contributed by atoms with E-state index in [0.29, 0.717) is 0 Å². The van der Waals surface area contributed by atoms with Crippen LogP contribution in [0.3, 0.4) is 0 Å². The minimum absolute atomic E-state index is 0.179. The van der Waals surface area contributed by atoms with Crippen molar-refractivity contribution in [2.75, 3.05) is 6.61 Å². The first kappa shape index (κ1) is 22.6. The van der Waals surface area contributed by atoms with Crippen LogP contribution in [0.1, 0.15) is 68.6 Å². The monoisotopic (exact) mass is 392 g/mol. The highest BCUT2D eigenvalue weighted by Gasteiger charge is 2.14. The molecular weight excluding hydrogens is 356 g/mol. The maximum atomic E-state index is 5.76. The Kier molecular flexibility index (Phi) is 9.36. The number of aromatic amines is 1. The first-order valence-corrected chi connectivity index (χ1v) is 10.8. The zero-order valence-corrected chi connectivity index (χ0v) is 18.4. The summed E-state index contributed by atoms with van der Waals surface area (Å²) in [6.45, 7) is 12.6. The molecular formula is C26H36N2O. The van der Waals surface area contributed by atoms with Gasteiger partial charge in [-0.05, 0) is 79.9 Å². The fourth-order valence-electron chi connectivity index (χ4n) is 3.27. The second-order valence-corrected chi connectivity index (χ2v) is 7.37. The minimum Gasteiger partial charge on any atom is -0.494 e. The van der Waals surface area contributed by atoms with E-state index in [1.54, 1.807) is 6.08 Å². The van der Waals surface area contributed by atoms with E-state index in [1.807, 2.05) is 13.1 Å². The number of dihydropyridines is 1. The van der Waals surface area contributed by atoms with E-state index in [1.165, 1.54) is 28.1 Å². The SMILES string of the molecule is C=CC.CCCCOc1ccc(C2C=C(c3cc(C)c(CCC)[nH]3)C=CN2)cc1. The molecule has 0 saturated heterocycles. The molecule has 1 aromatic heterocycles. The van der Waals surface area contributed by atoms with Crippen molar-refractivity contribution in [1.29, 1.82) is 0 Å². The smallest absolute Gasteiger partial charge is 0.119 e. The van der Waals surface area contributed by atoms with E-state index in [2.05, 4.69) is 80.1 Å². The van der Waals surface area contributed by atoms with E-state index in [9.17, 15) is 0 Å². The number of rotatable bonds is 8. The van der Waals surface area contributed by atoms with Crippen LogP contribution in [0.15, 0.2) is 61.3 Å². The van der Waals surface area contributed by atoms with E-state index >= 15 is 0 Å². The van der Waals surface area contributed by atoms with Crippen LogP contribution in [0.25, 0.3) is 5.57 Å². The van der Waals surface area contributed by atoms with Gasteiger partial charge >= 0.3 is 0 Å². The summed E-state index contributed by atoms with van der Waals surface area (Å²) in [6.07, 6.45) is 12.7. The molecule has 0 fully saturated rings. The Labute approximate surface area is 176 Å². The molecule has 0 aliphatic carbocycles. The molecule has 2 heterocycles. The highest BCUT2D eigenvalue weighted by Crippen LogP contribution is 2.28. The van der Waals surface area contributed by atoms with Crippen LogP contribution in [-0.2, 0) is 6.42 Å². The maximum absolute atomic E-state index is 5.76. The van der Waals surface area contributed by atoms with Crippen molar-refractivity contribution in [3.05, 3.63) is 83.9 Å². The number of aromatic nitrogens is 1. The third-order valence-corrected chi connectivity index (χ3v) is 4.82. The van der Waals surface area contributed by atoms with Gasteiger partial charge in [0, 0.05) is 11.4 Å². The second-order valence-electron chi connectivity index (χ2n) is 7.37. The summed E-state index contributed by atoms with van der Waals surface area (Å²) in [5, 5.41) is 3.44. The number of hydrogen-bond donors (Lipinski definition) is 2. The highest BCUT2D eigenvalue weighted by atomic mass is 16.5. The van der Waals surface area contributed by atoms with Crippen LogP contribution < -0.4 is 10.1 Å². The van der Waals surface area contributed by atoms with E-state index in [0.717, 1.165) is 38.0 Å². The van der Waals surface area contributed by atoms with E-state index in [-0.39, 0.29) is 6.04 Å². The average molecular weight is 393 g/mol. The Morgan fingerprint density at radius 2 is 1.86 bits per heavy atom. The number of ether oxygens (including phenoxy) is 1. The molecule has 0 bridgehead atoms. The Morgan fingerprint density at radius 1 is 1.14 bits per heavy atom. The Morgan fingerprint density at radius 3 is 2.52 bits per heavy atom. The van der Waals surface area contributed by atoms with Gasteiger partial charge in [-0.2, -0.15) is 0 Å². The van der Waals surface area contributed by atoms with Crippen molar-refractivity contribution in [2.45, 2.75) is 59.4 Å². The molecule has 1 aromatic carbocycles. The lowest BCUT2D eigenvalue weighted by Crippen LogP contribution is -2.16. The quantitative estimate of drug-likeness (QED) is 0.379. The van der Waals surface area contributed by atoms with Crippen molar-refractivity contribution in [3.8, 4) is 5.75 Å². The molecule has 29 heavy (non-hydrogen) atoms. The largest absolute Gasteiger partial charge is 0.494 e. The molecule has 0 amide bonds. The summed E-state index contributed by atoms with van der Waals surface area (Å²) in [5.41, 5.74) is 6.38. The van der Waals surface area contributed by atoms with Crippen LogP contribution in [0.2, 0.25) is 0 Å². The molecule has 3 rings (SSSR count). The van der Waals surface area contributed by atoms with Crippen LogP contribution in [-0.4, -0.2) is 11.6 Å². The predicted octanol–water partition coefficient (Wildman–Crippen LogP) is 6.89. The molecule has 1 unspecified atom stereocenters.